The standard InChI is InChI=1S/C13H16BrNS2/c1-2-3-4-5-6-10-7-8-16-12(10)13-15-9-11(14)17-13/h7-9H,2-6H2,1H3. The molecule has 0 aromatic carbocycles. The van der Waals surface area contributed by atoms with Crippen LogP contribution in [0.5, 0.6) is 0 Å². The molecule has 0 aliphatic heterocycles. The van der Waals surface area contributed by atoms with Gasteiger partial charge in [-0.05, 0) is 45.8 Å². The van der Waals surface area contributed by atoms with Crippen LogP contribution in [0.4, 0.5) is 0 Å². The van der Waals surface area contributed by atoms with Crippen molar-refractivity contribution in [1.29, 1.82) is 0 Å². The highest BCUT2D eigenvalue weighted by Crippen LogP contribution is 2.35. The first-order valence-electron chi connectivity index (χ1n) is 5.99. The third-order valence-corrected chi connectivity index (χ3v) is 5.30. The van der Waals surface area contributed by atoms with Gasteiger partial charge in [0.25, 0.3) is 0 Å². The summed E-state index contributed by atoms with van der Waals surface area (Å²) < 4.78 is 1.11. The van der Waals surface area contributed by atoms with Crippen LogP contribution in [0, 0.1) is 0 Å². The van der Waals surface area contributed by atoms with Crippen molar-refractivity contribution < 1.29 is 0 Å². The van der Waals surface area contributed by atoms with E-state index in [0.717, 1.165) is 8.79 Å². The van der Waals surface area contributed by atoms with Crippen LogP contribution < -0.4 is 0 Å². The molecule has 0 saturated heterocycles. The molecule has 0 fully saturated rings. The number of aromatic nitrogens is 1. The van der Waals surface area contributed by atoms with Gasteiger partial charge in [-0.1, -0.05) is 26.2 Å². The molecule has 4 heteroatoms. The lowest BCUT2D eigenvalue weighted by atomic mass is 10.1. The minimum atomic E-state index is 1.11. The molecule has 0 aliphatic carbocycles. The molecule has 0 amide bonds. The fourth-order valence-corrected chi connectivity index (χ4v) is 4.12. The second kappa shape index (κ2) is 6.66. The first-order valence-corrected chi connectivity index (χ1v) is 8.48. The Hall–Kier alpha value is -0.190. The van der Waals surface area contributed by atoms with Crippen LogP contribution in [0.1, 0.15) is 38.2 Å². The molecule has 2 aromatic heterocycles. The lowest BCUT2D eigenvalue weighted by molar-refractivity contribution is 0.668. The molecular weight excluding hydrogens is 314 g/mol. The molecule has 0 spiro atoms. The lowest BCUT2D eigenvalue weighted by Crippen LogP contribution is -1.85. The van der Waals surface area contributed by atoms with Gasteiger partial charge in [-0.2, -0.15) is 0 Å². The normalized spacial score (nSPS) is 10.9. The highest BCUT2D eigenvalue weighted by Gasteiger charge is 2.10. The van der Waals surface area contributed by atoms with Gasteiger partial charge in [0.1, 0.15) is 5.01 Å². The zero-order valence-corrected chi connectivity index (χ0v) is 13.1. The minimum Gasteiger partial charge on any atom is -0.242 e. The van der Waals surface area contributed by atoms with Gasteiger partial charge in [-0.25, -0.2) is 4.98 Å². The Bertz CT molecular complexity index is 461. The predicted molar refractivity (Wildman–Crippen MR) is 81.0 cm³/mol. The molecule has 2 aromatic rings. The number of aryl methyl sites for hydroxylation is 1. The summed E-state index contributed by atoms with van der Waals surface area (Å²) in [6.45, 7) is 2.25. The highest BCUT2D eigenvalue weighted by atomic mass is 79.9. The summed E-state index contributed by atoms with van der Waals surface area (Å²) in [5, 5.41) is 3.33. The van der Waals surface area contributed by atoms with Gasteiger partial charge in [0, 0.05) is 0 Å². The van der Waals surface area contributed by atoms with Crippen molar-refractivity contribution in [1.82, 2.24) is 4.98 Å². The molecule has 2 rings (SSSR count). The van der Waals surface area contributed by atoms with E-state index in [1.807, 2.05) is 6.20 Å². The fourth-order valence-electron chi connectivity index (χ4n) is 1.82. The molecule has 0 saturated carbocycles. The van der Waals surface area contributed by atoms with E-state index in [1.165, 1.54) is 42.5 Å². The molecule has 0 aliphatic rings. The summed E-state index contributed by atoms with van der Waals surface area (Å²) >= 11 is 7.00. The Morgan fingerprint density at radius 2 is 2.18 bits per heavy atom. The Labute approximate surface area is 119 Å². The Morgan fingerprint density at radius 3 is 2.88 bits per heavy atom. The number of thiophene rings is 1. The van der Waals surface area contributed by atoms with Gasteiger partial charge in [-0.3, -0.25) is 0 Å². The summed E-state index contributed by atoms with van der Waals surface area (Å²) in [6, 6.07) is 2.25. The maximum Gasteiger partial charge on any atom is 0.134 e. The minimum absolute atomic E-state index is 1.11. The van der Waals surface area contributed by atoms with Crippen molar-refractivity contribution in [2.45, 2.75) is 39.0 Å². The molecule has 0 radical (unpaired) electrons. The highest BCUT2D eigenvalue weighted by molar-refractivity contribution is 9.11. The maximum absolute atomic E-state index is 4.45. The molecule has 0 bridgehead atoms. The second-order valence-corrected chi connectivity index (χ2v) is 7.38. The molecular formula is C13H16BrNS2. The average Bonchev–Trinajstić information content (AvgIpc) is 2.93. The van der Waals surface area contributed by atoms with Crippen LogP contribution in [0.2, 0.25) is 0 Å². The first kappa shape index (κ1) is 13.2. The van der Waals surface area contributed by atoms with E-state index in [1.54, 1.807) is 22.7 Å². The van der Waals surface area contributed by atoms with E-state index in [-0.39, 0.29) is 0 Å². The van der Waals surface area contributed by atoms with Crippen molar-refractivity contribution in [3.63, 3.8) is 0 Å². The number of nitrogens with zero attached hydrogens (tertiary/aromatic N) is 1. The van der Waals surface area contributed by atoms with E-state index >= 15 is 0 Å². The lowest BCUT2D eigenvalue weighted by Gasteiger charge is -2.01. The van der Waals surface area contributed by atoms with E-state index in [2.05, 4.69) is 39.3 Å². The largest absolute Gasteiger partial charge is 0.242 e. The number of rotatable bonds is 6. The Kier molecular flexibility index (Phi) is 5.19. The van der Waals surface area contributed by atoms with Crippen LogP contribution in [0.25, 0.3) is 9.88 Å². The summed E-state index contributed by atoms with van der Waals surface area (Å²) in [7, 11) is 0. The summed E-state index contributed by atoms with van der Waals surface area (Å²) in [5.74, 6) is 0. The fraction of sp³-hybridized carbons (Fsp3) is 0.462. The second-order valence-electron chi connectivity index (χ2n) is 4.06. The van der Waals surface area contributed by atoms with Gasteiger partial charge < -0.3 is 0 Å². The molecule has 2 heterocycles. The average molecular weight is 330 g/mol. The monoisotopic (exact) mass is 329 g/mol. The molecule has 17 heavy (non-hydrogen) atoms. The van der Waals surface area contributed by atoms with Gasteiger partial charge in [0.15, 0.2) is 0 Å². The van der Waals surface area contributed by atoms with Gasteiger partial charge in [-0.15, -0.1) is 22.7 Å². The van der Waals surface area contributed by atoms with Crippen molar-refractivity contribution in [3.8, 4) is 9.88 Å². The topological polar surface area (TPSA) is 12.9 Å². The smallest absolute Gasteiger partial charge is 0.134 e. The van der Waals surface area contributed by atoms with Gasteiger partial charge in [0.05, 0.1) is 14.9 Å². The molecule has 0 atom stereocenters. The number of thiazole rings is 1. The van der Waals surface area contributed by atoms with Crippen LogP contribution in [0.3, 0.4) is 0 Å². The maximum atomic E-state index is 4.45. The van der Waals surface area contributed by atoms with Crippen LogP contribution in [0.15, 0.2) is 21.4 Å². The van der Waals surface area contributed by atoms with E-state index in [9.17, 15) is 0 Å². The zero-order valence-electron chi connectivity index (χ0n) is 9.91. The van der Waals surface area contributed by atoms with E-state index in [0.29, 0.717) is 0 Å². The Morgan fingerprint density at radius 1 is 1.29 bits per heavy atom. The SMILES string of the molecule is CCCCCCc1ccsc1-c1ncc(Br)s1. The van der Waals surface area contributed by atoms with Crippen molar-refractivity contribution in [2.75, 3.05) is 0 Å². The van der Waals surface area contributed by atoms with Crippen LogP contribution in [-0.2, 0) is 6.42 Å². The molecule has 0 N–H and O–H groups in total. The quantitative estimate of drug-likeness (QED) is 0.614. The van der Waals surface area contributed by atoms with Crippen molar-refractivity contribution in [3.05, 3.63) is 27.0 Å². The third kappa shape index (κ3) is 3.63. The summed E-state index contributed by atoms with van der Waals surface area (Å²) in [5.41, 5.74) is 1.47. The van der Waals surface area contributed by atoms with Crippen LogP contribution in [-0.4, -0.2) is 4.98 Å². The summed E-state index contributed by atoms with van der Waals surface area (Å²) in [4.78, 5) is 5.80. The summed E-state index contributed by atoms with van der Waals surface area (Å²) in [6.07, 6.45) is 8.37. The van der Waals surface area contributed by atoms with Gasteiger partial charge >= 0.3 is 0 Å². The Balaban J connectivity index is 2.02. The van der Waals surface area contributed by atoms with E-state index < -0.39 is 0 Å². The zero-order chi connectivity index (χ0) is 12.1. The number of unbranched alkanes of at least 4 members (excludes halogenated alkanes) is 3. The third-order valence-electron chi connectivity index (χ3n) is 2.72. The molecule has 92 valence electrons. The van der Waals surface area contributed by atoms with E-state index in [4.69, 9.17) is 0 Å². The molecule has 0 unspecified atom stereocenters. The molecule has 1 nitrogen and oxygen atoms in total. The number of hydrogen-bond acceptors (Lipinski definition) is 3. The van der Waals surface area contributed by atoms with Crippen LogP contribution >= 0.6 is 38.6 Å². The number of halogens is 1. The first-order chi connectivity index (χ1) is 8.31. The van der Waals surface area contributed by atoms with Gasteiger partial charge in [0.2, 0.25) is 0 Å². The van der Waals surface area contributed by atoms with Crippen molar-refractivity contribution in [2.24, 2.45) is 0 Å². The van der Waals surface area contributed by atoms with Crippen molar-refractivity contribution >= 4 is 38.6 Å². The predicted octanol–water partition coefficient (Wildman–Crippen LogP) is 5.76. The number of hydrogen-bond donors (Lipinski definition) is 0.